The number of nitrogens with two attached hydrogens (primary N) is 2. The third-order valence-corrected chi connectivity index (χ3v) is 7.46. The quantitative estimate of drug-likeness (QED) is 0.481. The lowest BCUT2D eigenvalue weighted by Crippen LogP contribution is -2.50. The van der Waals surface area contributed by atoms with Gasteiger partial charge in [-0.15, -0.1) is 0 Å². The molecule has 21 heavy (non-hydrogen) atoms. The van der Waals surface area contributed by atoms with Crippen LogP contribution in [0.15, 0.2) is 0 Å². The Morgan fingerprint density at radius 2 is 1.38 bits per heavy atom. The van der Waals surface area contributed by atoms with Crippen molar-refractivity contribution in [3.63, 3.8) is 0 Å². The highest BCUT2D eigenvalue weighted by atomic mass is 28.4. The Balaban J connectivity index is 4.63. The second-order valence-electron chi connectivity index (χ2n) is 5.28. The zero-order valence-corrected chi connectivity index (χ0v) is 15.4. The fourth-order valence-electron chi connectivity index (χ4n) is 2.70. The Morgan fingerprint density at radius 3 is 1.76 bits per heavy atom. The van der Waals surface area contributed by atoms with Gasteiger partial charge in [0, 0.05) is 31.4 Å². The second kappa shape index (κ2) is 12.5. The van der Waals surface area contributed by atoms with E-state index in [1.165, 1.54) is 0 Å². The predicted octanol–water partition coefficient (Wildman–Crippen LogP) is 2.66. The van der Waals surface area contributed by atoms with Gasteiger partial charge in [-0.1, -0.05) is 13.3 Å². The highest BCUT2D eigenvalue weighted by Crippen LogP contribution is 2.33. The second-order valence-corrected chi connectivity index (χ2v) is 8.17. The summed E-state index contributed by atoms with van der Waals surface area (Å²) in [5, 5.41) is 0. The molecular weight excluding hydrogens is 284 g/mol. The summed E-state index contributed by atoms with van der Waals surface area (Å²) < 4.78 is 18.0. The Morgan fingerprint density at radius 1 is 0.857 bits per heavy atom. The third-order valence-electron chi connectivity index (χ3n) is 3.69. The van der Waals surface area contributed by atoms with Gasteiger partial charge in [-0.05, 0) is 53.0 Å². The van der Waals surface area contributed by atoms with Gasteiger partial charge in [0.1, 0.15) is 0 Å². The first kappa shape index (κ1) is 21.0. The van der Waals surface area contributed by atoms with Crippen molar-refractivity contribution in [3.05, 3.63) is 0 Å². The number of hydrogen-bond acceptors (Lipinski definition) is 5. The monoisotopic (exact) mass is 320 g/mol. The molecule has 0 aliphatic heterocycles. The van der Waals surface area contributed by atoms with Crippen LogP contribution in [0.3, 0.4) is 0 Å². The normalized spacial score (nSPS) is 15.1. The summed E-state index contributed by atoms with van der Waals surface area (Å²) in [6.45, 7) is 10.8. The Kier molecular flexibility index (Phi) is 12.6. The van der Waals surface area contributed by atoms with Gasteiger partial charge in [0.2, 0.25) is 0 Å². The van der Waals surface area contributed by atoms with E-state index in [0.717, 1.165) is 32.1 Å². The van der Waals surface area contributed by atoms with Gasteiger partial charge in [0.25, 0.3) is 0 Å². The topological polar surface area (TPSA) is 79.7 Å². The van der Waals surface area contributed by atoms with Gasteiger partial charge >= 0.3 is 8.80 Å². The van der Waals surface area contributed by atoms with Crippen LogP contribution in [-0.2, 0) is 13.3 Å². The van der Waals surface area contributed by atoms with Crippen LogP contribution in [0.1, 0.15) is 59.8 Å². The SMILES string of the molecule is CCO[Si](OCC)(OCC)C(CC)CCCC(N)CCN. The van der Waals surface area contributed by atoms with Crippen LogP contribution in [0.2, 0.25) is 5.54 Å². The van der Waals surface area contributed by atoms with E-state index in [1.807, 2.05) is 20.8 Å². The molecule has 128 valence electrons. The van der Waals surface area contributed by atoms with Gasteiger partial charge in [-0.2, -0.15) is 0 Å². The molecule has 0 amide bonds. The molecule has 2 atom stereocenters. The van der Waals surface area contributed by atoms with E-state index in [9.17, 15) is 0 Å². The van der Waals surface area contributed by atoms with Gasteiger partial charge in [-0.3, -0.25) is 0 Å². The van der Waals surface area contributed by atoms with Crippen molar-refractivity contribution < 1.29 is 13.3 Å². The van der Waals surface area contributed by atoms with Crippen LogP contribution >= 0.6 is 0 Å². The van der Waals surface area contributed by atoms with E-state index in [0.29, 0.717) is 31.9 Å². The fraction of sp³-hybridized carbons (Fsp3) is 1.00. The molecule has 0 saturated heterocycles. The summed E-state index contributed by atoms with van der Waals surface area (Å²) in [4.78, 5) is 0. The fourth-order valence-corrected chi connectivity index (χ4v) is 5.92. The Labute approximate surface area is 132 Å². The lowest BCUT2D eigenvalue weighted by molar-refractivity contribution is 0.0588. The molecule has 0 radical (unpaired) electrons. The minimum absolute atomic E-state index is 0.204. The summed E-state index contributed by atoms with van der Waals surface area (Å²) in [5.41, 5.74) is 11.9. The molecule has 0 heterocycles. The van der Waals surface area contributed by atoms with Crippen LogP contribution in [0.4, 0.5) is 0 Å². The summed E-state index contributed by atoms with van der Waals surface area (Å²) >= 11 is 0. The van der Waals surface area contributed by atoms with Crippen molar-refractivity contribution in [2.24, 2.45) is 11.5 Å². The average molecular weight is 321 g/mol. The minimum atomic E-state index is -2.58. The lowest BCUT2D eigenvalue weighted by Gasteiger charge is -2.35. The molecule has 0 aromatic rings. The van der Waals surface area contributed by atoms with Gasteiger partial charge in [0.05, 0.1) is 0 Å². The summed E-state index contributed by atoms with van der Waals surface area (Å²) in [6.07, 6.45) is 5.02. The van der Waals surface area contributed by atoms with Gasteiger partial charge in [-0.25, -0.2) is 0 Å². The van der Waals surface area contributed by atoms with E-state index in [4.69, 9.17) is 24.7 Å². The molecular formula is C15H36N2O3Si. The molecule has 0 rings (SSSR count). The van der Waals surface area contributed by atoms with E-state index in [2.05, 4.69) is 6.92 Å². The smallest absolute Gasteiger partial charge is 0.374 e. The van der Waals surface area contributed by atoms with E-state index in [-0.39, 0.29) is 6.04 Å². The zero-order chi connectivity index (χ0) is 16.1. The molecule has 0 aromatic carbocycles. The van der Waals surface area contributed by atoms with Crippen molar-refractivity contribution in [1.29, 1.82) is 0 Å². The van der Waals surface area contributed by atoms with Gasteiger partial charge < -0.3 is 24.7 Å². The van der Waals surface area contributed by atoms with Crippen molar-refractivity contribution in [3.8, 4) is 0 Å². The lowest BCUT2D eigenvalue weighted by atomic mass is 10.1. The zero-order valence-electron chi connectivity index (χ0n) is 14.4. The number of hydrogen-bond donors (Lipinski definition) is 2. The maximum Gasteiger partial charge on any atom is 0.504 e. The van der Waals surface area contributed by atoms with Crippen LogP contribution in [0, 0.1) is 0 Å². The van der Waals surface area contributed by atoms with Crippen LogP contribution in [0.25, 0.3) is 0 Å². The molecule has 0 spiro atoms. The molecule has 0 aliphatic carbocycles. The molecule has 0 saturated carbocycles. The summed E-state index contributed by atoms with van der Waals surface area (Å²) in [6, 6.07) is 0.204. The van der Waals surface area contributed by atoms with E-state index in [1.54, 1.807) is 0 Å². The van der Waals surface area contributed by atoms with E-state index >= 15 is 0 Å². The maximum absolute atomic E-state index is 6.03. The Hall–Kier alpha value is 0.0169. The summed E-state index contributed by atoms with van der Waals surface area (Å²) in [5.74, 6) is 0. The predicted molar refractivity (Wildman–Crippen MR) is 90.2 cm³/mol. The number of rotatable bonds is 14. The van der Waals surface area contributed by atoms with Crippen LogP contribution in [0.5, 0.6) is 0 Å². The molecule has 0 aliphatic rings. The largest absolute Gasteiger partial charge is 0.504 e. The van der Waals surface area contributed by atoms with E-state index < -0.39 is 8.80 Å². The highest BCUT2D eigenvalue weighted by Gasteiger charge is 2.47. The highest BCUT2D eigenvalue weighted by molar-refractivity contribution is 6.62. The van der Waals surface area contributed by atoms with Crippen molar-refractivity contribution in [1.82, 2.24) is 0 Å². The van der Waals surface area contributed by atoms with Crippen LogP contribution in [-0.4, -0.2) is 41.2 Å². The standard InChI is InChI=1S/C15H36N2O3Si/c1-5-15(11-9-10-14(17)12-13-16)21(18-6-2,19-7-3)20-8-4/h14-15H,5-13,16-17H2,1-4H3. The van der Waals surface area contributed by atoms with Crippen LogP contribution < -0.4 is 11.5 Å². The minimum Gasteiger partial charge on any atom is -0.374 e. The third kappa shape index (κ3) is 7.72. The molecule has 2 unspecified atom stereocenters. The first-order valence-corrected chi connectivity index (χ1v) is 10.3. The van der Waals surface area contributed by atoms with Gasteiger partial charge in [0.15, 0.2) is 0 Å². The first-order chi connectivity index (χ1) is 10.1. The molecule has 4 N–H and O–H groups in total. The summed E-state index contributed by atoms with van der Waals surface area (Å²) in [7, 11) is -2.58. The Bertz CT molecular complexity index is 228. The molecule has 0 fully saturated rings. The molecule has 5 nitrogen and oxygen atoms in total. The van der Waals surface area contributed by atoms with Crippen molar-refractivity contribution in [2.45, 2.75) is 71.4 Å². The molecule has 6 heteroatoms. The van der Waals surface area contributed by atoms with Crippen molar-refractivity contribution in [2.75, 3.05) is 26.4 Å². The first-order valence-electron chi connectivity index (χ1n) is 8.47. The average Bonchev–Trinajstić information content (AvgIpc) is 2.44. The molecule has 0 bridgehead atoms. The van der Waals surface area contributed by atoms with Crippen molar-refractivity contribution >= 4 is 8.80 Å². The molecule has 0 aromatic heterocycles. The maximum atomic E-state index is 6.03.